The fourth-order valence-electron chi connectivity index (χ4n) is 6.08. The molecule has 1 amide bonds. The van der Waals surface area contributed by atoms with Crippen LogP contribution in [-0.4, -0.2) is 59.0 Å². The Labute approximate surface area is 243 Å². The molecule has 9 heteroatoms. The highest BCUT2D eigenvalue weighted by Crippen LogP contribution is 2.42. The Morgan fingerprint density at radius 2 is 1.83 bits per heavy atom. The van der Waals surface area contributed by atoms with E-state index in [9.17, 15) is 9.90 Å². The molecule has 1 saturated carbocycles. The summed E-state index contributed by atoms with van der Waals surface area (Å²) in [6.45, 7) is 3.33. The molecular weight excluding hydrogens is 533 g/mol. The number of rotatable bonds is 7. The molecule has 0 radical (unpaired) electrons. The predicted octanol–water partition coefficient (Wildman–Crippen LogP) is 4.68. The molecule has 1 aromatic heterocycles. The smallest absolute Gasteiger partial charge is 0.261 e. The Kier molecular flexibility index (Phi) is 7.13. The number of benzene rings is 3. The van der Waals surface area contributed by atoms with E-state index < -0.39 is 5.82 Å². The van der Waals surface area contributed by atoms with Crippen LogP contribution in [0, 0.1) is 5.82 Å². The number of ether oxygens (including phenoxy) is 1. The quantitative estimate of drug-likeness (QED) is 0.348. The lowest BCUT2D eigenvalue weighted by atomic mass is 9.93. The summed E-state index contributed by atoms with van der Waals surface area (Å²) in [5, 5.41) is 18.9. The summed E-state index contributed by atoms with van der Waals surface area (Å²) in [7, 11) is 0. The molecule has 4 aromatic rings. The van der Waals surface area contributed by atoms with Gasteiger partial charge in [-0.25, -0.2) is 9.37 Å². The van der Waals surface area contributed by atoms with Gasteiger partial charge in [0.2, 0.25) is 0 Å². The van der Waals surface area contributed by atoms with Crippen LogP contribution >= 0.6 is 0 Å². The van der Waals surface area contributed by atoms with Crippen LogP contribution < -0.4 is 9.80 Å². The fourth-order valence-corrected chi connectivity index (χ4v) is 6.08. The third-order valence-corrected chi connectivity index (χ3v) is 8.46. The summed E-state index contributed by atoms with van der Waals surface area (Å²) < 4.78 is 20.6. The lowest BCUT2D eigenvalue weighted by Gasteiger charge is -2.31. The maximum atomic E-state index is 15.2. The van der Waals surface area contributed by atoms with E-state index in [-0.39, 0.29) is 18.1 Å². The van der Waals surface area contributed by atoms with Crippen molar-refractivity contribution in [2.75, 3.05) is 42.6 Å². The number of aliphatic hydroxyl groups excluding tert-OH is 1. The molecule has 0 spiro atoms. The first-order chi connectivity index (χ1) is 20.6. The highest BCUT2D eigenvalue weighted by molar-refractivity contribution is 6.09. The average molecular weight is 566 g/mol. The van der Waals surface area contributed by atoms with Gasteiger partial charge in [0, 0.05) is 42.9 Å². The number of amides is 1. The van der Waals surface area contributed by atoms with Gasteiger partial charge in [0.15, 0.2) is 5.82 Å². The van der Waals surface area contributed by atoms with E-state index in [1.807, 2.05) is 18.2 Å². The largest absolute Gasteiger partial charge is 0.392 e. The number of anilines is 2. The number of carbonyl (C=O) groups excluding carboxylic acids is 1. The second-order valence-corrected chi connectivity index (χ2v) is 11.2. The summed E-state index contributed by atoms with van der Waals surface area (Å²) in [6, 6.07) is 17.4. The molecule has 0 unspecified atom stereocenters. The summed E-state index contributed by atoms with van der Waals surface area (Å²) >= 11 is 0. The van der Waals surface area contributed by atoms with Gasteiger partial charge in [0.05, 0.1) is 43.0 Å². The Bertz CT molecular complexity index is 1630. The number of aliphatic hydroxyl groups is 1. The van der Waals surface area contributed by atoms with Crippen LogP contribution in [0.1, 0.15) is 57.2 Å². The minimum absolute atomic E-state index is 0.130. The van der Waals surface area contributed by atoms with E-state index in [1.54, 1.807) is 17.2 Å². The van der Waals surface area contributed by atoms with Crippen LogP contribution in [0.25, 0.3) is 11.3 Å². The SMILES string of the molecule is O=C1c2c(F)cc(C3CC3)cc2CCN1c1cccc(-c2cnnc(Cc3ccc(N4CCOCC4)cc3)n2)c1CO. The minimum Gasteiger partial charge on any atom is -0.392 e. The van der Waals surface area contributed by atoms with Crippen molar-refractivity contribution in [1.82, 2.24) is 15.2 Å². The molecule has 1 aliphatic carbocycles. The molecule has 3 aromatic carbocycles. The molecule has 3 aliphatic rings. The zero-order valence-electron chi connectivity index (χ0n) is 23.3. The molecule has 1 N–H and O–H groups in total. The highest BCUT2D eigenvalue weighted by atomic mass is 19.1. The Morgan fingerprint density at radius 1 is 1.02 bits per heavy atom. The van der Waals surface area contributed by atoms with Crippen molar-refractivity contribution in [3.8, 4) is 11.3 Å². The van der Waals surface area contributed by atoms with Gasteiger partial charge in [-0.2, -0.15) is 5.10 Å². The predicted molar refractivity (Wildman–Crippen MR) is 157 cm³/mol. The van der Waals surface area contributed by atoms with Crippen LogP contribution in [0.4, 0.5) is 15.8 Å². The van der Waals surface area contributed by atoms with Gasteiger partial charge < -0.3 is 19.6 Å². The standard InChI is InChI=1S/C33H32FN5O3/c34-28-18-24(22-6-7-22)17-23-10-11-39(33(41)32(23)28)30-3-1-2-26(27(30)20-40)29-19-35-37-31(36-29)16-21-4-8-25(9-5-21)38-12-14-42-15-13-38/h1-5,8-9,17-19,22,40H,6-7,10-16,20H2. The van der Waals surface area contributed by atoms with Crippen molar-refractivity contribution < 1.29 is 19.0 Å². The van der Waals surface area contributed by atoms with Crippen molar-refractivity contribution in [2.45, 2.75) is 38.2 Å². The van der Waals surface area contributed by atoms with Crippen LogP contribution in [0.15, 0.2) is 60.8 Å². The molecule has 3 heterocycles. The molecule has 0 bridgehead atoms. The highest BCUT2D eigenvalue weighted by Gasteiger charge is 2.33. The zero-order valence-corrected chi connectivity index (χ0v) is 23.3. The molecule has 2 aliphatic heterocycles. The maximum absolute atomic E-state index is 15.2. The van der Waals surface area contributed by atoms with Crippen LogP contribution in [-0.2, 0) is 24.2 Å². The molecule has 7 rings (SSSR count). The summed E-state index contributed by atoms with van der Waals surface area (Å²) in [6.07, 6.45) is 4.77. The molecule has 42 heavy (non-hydrogen) atoms. The number of morpholine rings is 1. The van der Waals surface area contributed by atoms with E-state index in [0.717, 1.165) is 61.5 Å². The molecule has 2 fully saturated rings. The first kappa shape index (κ1) is 26.7. The third-order valence-electron chi connectivity index (χ3n) is 8.46. The second-order valence-electron chi connectivity index (χ2n) is 11.2. The fraction of sp³-hybridized carbons (Fsp3) is 0.333. The van der Waals surface area contributed by atoms with Crippen molar-refractivity contribution >= 4 is 17.3 Å². The maximum Gasteiger partial charge on any atom is 0.261 e. The van der Waals surface area contributed by atoms with E-state index in [4.69, 9.17) is 9.72 Å². The number of hydrogen-bond acceptors (Lipinski definition) is 7. The first-order valence-corrected chi connectivity index (χ1v) is 14.6. The third kappa shape index (κ3) is 5.14. The zero-order chi connectivity index (χ0) is 28.6. The van der Waals surface area contributed by atoms with E-state index in [0.29, 0.717) is 53.6 Å². The average Bonchev–Trinajstić information content (AvgIpc) is 3.88. The van der Waals surface area contributed by atoms with Gasteiger partial charge in [0.1, 0.15) is 5.82 Å². The van der Waals surface area contributed by atoms with Crippen molar-refractivity contribution in [1.29, 1.82) is 0 Å². The Balaban J connectivity index is 1.14. The van der Waals surface area contributed by atoms with Gasteiger partial charge in [-0.15, -0.1) is 5.10 Å². The normalized spacial score (nSPS) is 17.0. The van der Waals surface area contributed by atoms with E-state index in [1.165, 1.54) is 6.07 Å². The van der Waals surface area contributed by atoms with Crippen molar-refractivity contribution in [3.63, 3.8) is 0 Å². The van der Waals surface area contributed by atoms with E-state index >= 15 is 4.39 Å². The Hall–Kier alpha value is -4.21. The van der Waals surface area contributed by atoms with Crippen LogP contribution in [0.5, 0.6) is 0 Å². The number of fused-ring (bicyclic) bond motifs is 1. The Morgan fingerprint density at radius 3 is 2.60 bits per heavy atom. The molecular formula is C33H32FN5O3. The summed E-state index contributed by atoms with van der Waals surface area (Å²) in [4.78, 5) is 22.2. The minimum atomic E-state index is -0.464. The molecule has 8 nitrogen and oxygen atoms in total. The molecule has 0 atom stereocenters. The monoisotopic (exact) mass is 565 g/mol. The van der Waals surface area contributed by atoms with Gasteiger partial charge >= 0.3 is 0 Å². The van der Waals surface area contributed by atoms with Gasteiger partial charge in [-0.05, 0) is 66.1 Å². The van der Waals surface area contributed by atoms with Crippen molar-refractivity contribution in [3.05, 3.63) is 100 Å². The lowest BCUT2D eigenvalue weighted by Crippen LogP contribution is -2.39. The lowest BCUT2D eigenvalue weighted by molar-refractivity contribution is 0.0976. The summed E-state index contributed by atoms with van der Waals surface area (Å²) in [5.41, 5.74) is 6.43. The van der Waals surface area contributed by atoms with Crippen LogP contribution in [0.2, 0.25) is 0 Å². The van der Waals surface area contributed by atoms with Gasteiger partial charge in [0.25, 0.3) is 5.91 Å². The topological polar surface area (TPSA) is 91.7 Å². The number of carbonyl (C=O) groups is 1. The first-order valence-electron chi connectivity index (χ1n) is 14.6. The van der Waals surface area contributed by atoms with Gasteiger partial charge in [-0.3, -0.25) is 4.79 Å². The second kappa shape index (κ2) is 11.2. The number of halogens is 1. The van der Waals surface area contributed by atoms with E-state index in [2.05, 4.69) is 39.4 Å². The van der Waals surface area contributed by atoms with Crippen molar-refractivity contribution in [2.24, 2.45) is 0 Å². The molecule has 1 saturated heterocycles. The summed E-state index contributed by atoms with van der Waals surface area (Å²) in [5.74, 6) is 0.118. The molecule has 214 valence electrons. The van der Waals surface area contributed by atoms with Crippen LogP contribution in [0.3, 0.4) is 0 Å². The van der Waals surface area contributed by atoms with Gasteiger partial charge in [-0.1, -0.05) is 30.3 Å². The number of aromatic nitrogens is 3. The number of hydrogen-bond donors (Lipinski definition) is 1. The number of nitrogens with zero attached hydrogens (tertiary/aromatic N) is 5.